The maximum absolute atomic E-state index is 3.43. The minimum absolute atomic E-state index is 0. The van der Waals surface area contributed by atoms with Gasteiger partial charge in [0.2, 0.25) is 6.33 Å². The zero-order chi connectivity index (χ0) is 3.54. The second-order valence-corrected chi connectivity index (χ2v) is 0.599. The molecule has 0 aromatic carbocycles. The monoisotopic (exact) mass is 108 g/mol. The van der Waals surface area contributed by atoms with Crippen molar-refractivity contribution in [2.75, 3.05) is 0 Å². The van der Waals surface area contributed by atoms with Gasteiger partial charge in [-0.1, -0.05) is 0 Å². The number of aromatic amines is 1. The third kappa shape index (κ3) is 2.04. The number of hydrogen-bond donors (Lipinski definition) is 1. The molecule has 1 aromatic rings. The molecule has 0 fully saturated rings. The zero-order valence-electron chi connectivity index (χ0n) is 2.47. The Morgan fingerprint density at radius 1 is 1.67 bits per heavy atom. The molecule has 0 unspecified atom stereocenters. The Morgan fingerprint density at radius 2 is 2.50 bits per heavy atom. The van der Waals surface area contributed by atoms with E-state index < -0.39 is 0 Å². The molecule has 0 aliphatic carbocycles. The summed E-state index contributed by atoms with van der Waals surface area (Å²) in [5, 5.41) is 5.81. The van der Waals surface area contributed by atoms with Crippen LogP contribution in [0, 0.1) is 6.33 Å². The first-order valence-electron chi connectivity index (χ1n) is 1.22. The molecule has 6 heavy (non-hydrogen) atoms. The van der Waals surface area contributed by atoms with Crippen molar-refractivity contribution >= 4 is 51.4 Å². The number of nitrogens with one attached hydrogen (secondary N) is 1. The van der Waals surface area contributed by atoms with Gasteiger partial charge in [-0.25, -0.2) is 4.98 Å². The molecule has 0 bridgehead atoms. The molecule has 27 valence electrons. The summed E-state index contributed by atoms with van der Waals surface area (Å²) >= 11 is 0. The van der Waals surface area contributed by atoms with Gasteiger partial charge in [0, 0.05) is 0 Å². The molecule has 0 aliphatic heterocycles. The third-order valence-electron chi connectivity index (χ3n) is 0.295. The Morgan fingerprint density at radius 3 is 2.67 bits per heavy atom. The van der Waals surface area contributed by atoms with Crippen LogP contribution in [-0.2, 0) is 0 Å². The average molecular weight is 108 g/mol. The van der Waals surface area contributed by atoms with Gasteiger partial charge in [-0.2, -0.15) is 5.10 Å². The van der Waals surface area contributed by atoms with Gasteiger partial charge in [0.05, 0.1) is 0 Å². The van der Waals surface area contributed by atoms with E-state index in [1.807, 2.05) is 0 Å². The largest absolute Gasteiger partial charge is 0.265 e. The Labute approximate surface area is 78.0 Å². The minimum atomic E-state index is 0. The molecule has 0 atom stereocenters. The van der Waals surface area contributed by atoms with Crippen LogP contribution in [0.4, 0.5) is 0 Å². The SMILES string of the molecule is [KH].[c]1nc[nH]n1. The summed E-state index contributed by atoms with van der Waals surface area (Å²) in [4.78, 5) is 3.43. The van der Waals surface area contributed by atoms with Gasteiger partial charge in [-0.3, -0.25) is 5.10 Å². The minimum Gasteiger partial charge on any atom is -0.265 e. The molecular weight excluding hydrogens is 105 g/mol. The van der Waals surface area contributed by atoms with Gasteiger partial charge < -0.3 is 0 Å². The van der Waals surface area contributed by atoms with E-state index in [1.54, 1.807) is 0 Å². The predicted octanol–water partition coefficient (Wildman–Crippen LogP) is -1.04. The molecule has 0 spiro atoms. The summed E-state index contributed by atoms with van der Waals surface area (Å²) in [6.45, 7) is 0. The normalized spacial score (nSPS) is 6.67. The molecule has 1 aromatic heterocycles. The van der Waals surface area contributed by atoms with E-state index >= 15 is 0 Å². The van der Waals surface area contributed by atoms with Crippen LogP contribution in [0.1, 0.15) is 0 Å². The predicted molar refractivity (Wildman–Crippen MR) is 22.4 cm³/mol. The van der Waals surface area contributed by atoms with Gasteiger partial charge in [0.15, 0.2) is 0 Å². The summed E-state index contributed by atoms with van der Waals surface area (Å²) in [5.41, 5.74) is 0. The molecule has 1 heterocycles. The molecule has 1 rings (SSSR count). The number of hydrogen-bond acceptors (Lipinski definition) is 2. The van der Waals surface area contributed by atoms with Crippen molar-refractivity contribution < 1.29 is 0 Å². The quantitative estimate of drug-likeness (QED) is 0.431. The van der Waals surface area contributed by atoms with Crippen LogP contribution in [0.5, 0.6) is 0 Å². The van der Waals surface area contributed by atoms with E-state index in [0.717, 1.165) is 0 Å². The van der Waals surface area contributed by atoms with E-state index in [4.69, 9.17) is 0 Å². The van der Waals surface area contributed by atoms with E-state index in [9.17, 15) is 0 Å². The molecular formula is C2H3KN3. The molecule has 4 heteroatoms. The maximum Gasteiger partial charge on any atom is 0.220 e. The smallest absolute Gasteiger partial charge is 0.220 e. The fourth-order valence-electron chi connectivity index (χ4n) is 0.144. The summed E-state index contributed by atoms with van der Waals surface area (Å²) in [7, 11) is 0. The van der Waals surface area contributed by atoms with Crippen molar-refractivity contribution in [3.63, 3.8) is 0 Å². The molecule has 0 aliphatic rings. The van der Waals surface area contributed by atoms with Crippen LogP contribution in [0.2, 0.25) is 0 Å². The Hall–Kier alpha value is 0.776. The Balaban J connectivity index is 0.000000250. The standard InChI is InChI=1S/C2H2N3.K.H/c1-3-2-5-4-1;;/h1H,(H,3,4,5);;. The molecule has 0 saturated heterocycles. The van der Waals surface area contributed by atoms with E-state index in [0.29, 0.717) is 0 Å². The van der Waals surface area contributed by atoms with Crippen molar-refractivity contribution in [2.24, 2.45) is 0 Å². The van der Waals surface area contributed by atoms with Crippen molar-refractivity contribution in [1.82, 2.24) is 15.2 Å². The molecule has 1 N–H and O–H groups in total. The van der Waals surface area contributed by atoms with Crippen molar-refractivity contribution in [3.8, 4) is 0 Å². The van der Waals surface area contributed by atoms with Crippen LogP contribution in [0.3, 0.4) is 0 Å². The van der Waals surface area contributed by atoms with Crippen LogP contribution in [0.15, 0.2) is 6.33 Å². The van der Waals surface area contributed by atoms with E-state index in [2.05, 4.69) is 21.5 Å². The van der Waals surface area contributed by atoms with Crippen LogP contribution in [-0.4, -0.2) is 66.6 Å². The van der Waals surface area contributed by atoms with Crippen LogP contribution >= 0.6 is 0 Å². The van der Waals surface area contributed by atoms with Crippen molar-refractivity contribution in [1.29, 1.82) is 0 Å². The summed E-state index contributed by atoms with van der Waals surface area (Å²) in [6, 6.07) is 0. The first kappa shape index (κ1) is 6.78. The van der Waals surface area contributed by atoms with E-state index in [1.165, 1.54) is 6.33 Å². The van der Waals surface area contributed by atoms with Crippen LogP contribution in [0.25, 0.3) is 0 Å². The summed E-state index contributed by atoms with van der Waals surface area (Å²) in [6.07, 6.45) is 3.76. The molecule has 3 nitrogen and oxygen atoms in total. The van der Waals surface area contributed by atoms with Gasteiger partial charge in [-0.15, -0.1) is 0 Å². The number of H-pyrrole nitrogens is 1. The fourth-order valence-corrected chi connectivity index (χ4v) is 0.144. The van der Waals surface area contributed by atoms with Gasteiger partial charge >= 0.3 is 51.4 Å². The zero-order valence-corrected chi connectivity index (χ0v) is 2.47. The number of rotatable bonds is 0. The fraction of sp³-hybridized carbons (Fsp3) is 0. The van der Waals surface area contributed by atoms with Gasteiger partial charge in [0.1, 0.15) is 6.33 Å². The average Bonchev–Trinajstić information content (AvgIpc) is 1.76. The van der Waals surface area contributed by atoms with Gasteiger partial charge in [0.25, 0.3) is 0 Å². The van der Waals surface area contributed by atoms with Gasteiger partial charge in [-0.05, 0) is 0 Å². The topological polar surface area (TPSA) is 41.6 Å². The second kappa shape index (κ2) is 3.95. The Bertz CT molecular complexity index is 65.3. The maximum atomic E-state index is 3.43. The Kier molecular flexibility index (Phi) is 4.46. The molecule has 0 saturated carbocycles. The summed E-state index contributed by atoms with van der Waals surface area (Å²) in [5.74, 6) is 0. The number of aromatic nitrogens is 3. The molecule has 0 amide bonds. The van der Waals surface area contributed by atoms with E-state index in [-0.39, 0.29) is 51.4 Å². The second-order valence-electron chi connectivity index (χ2n) is 0.599. The molecule has 1 radical (unpaired) electrons. The summed E-state index contributed by atoms with van der Waals surface area (Å²) < 4.78 is 0. The van der Waals surface area contributed by atoms with Crippen molar-refractivity contribution in [2.45, 2.75) is 0 Å². The third-order valence-corrected chi connectivity index (χ3v) is 0.295. The van der Waals surface area contributed by atoms with Crippen LogP contribution < -0.4 is 0 Å². The van der Waals surface area contributed by atoms with Crippen molar-refractivity contribution in [3.05, 3.63) is 12.7 Å². The number of nitrogens with zero attached hydrogens (tertiary/aromatic N) is 2. The first-order valence-corrected chi connectivity index (χ1v) is 1.22. The first-order chi connectivity index (χ1) is 2.50.